The van der Waals surface area contributed by atoms with Crippen molar-refractivity contribution < 1.29 is 4.74 Å². The van der Waals surface area contributed by atoms with E-state index in [1.165, 1.54) is 24.0 Å². The van der Waals surface area contributed by atoms with Crippen molar-refractivity contribution in [2.75, 3.05) is 0 Å². The Labute approximate surface area is 168 Å². The molecule has 1 saturated carbocycles. The van der Waals surface area contributed by atoms with E-state index in [1.54, 1.807) is 0 Å². The van der Waals surface area contributed by atoms with Gasteiger partial charge in [-0.2, -0.15) is 0 Å². The maximum Gasteiger partial charge on any atom is 0.183 e. The van der Waals surface area contributed by atoms with Crippen LogP contribution in [0.5, 0.6) is 5.75 Å². The summed E-state index contributed by atoms with van der Waals surface area (Å²) in [6.07, 6.45) is 5.48. The van der Waals surface area contributed by atoms with Crippen molar-refractivity contribution in [1.29, 1.82) is 0 Å². The number of rotatable bonds is 6. The number of halogens is 1. The molecule has 0 bridgehead atoms. The minimum absolute atomic E-state index is 0.452. The zero-order valence-electron chi connectivity index (χ0n) is 15.4. The van der Waals surface area contributed by atoms with Gasteiger partial charge in [0.05, 0.1) is 0 Å². The van der Waals surface area contributed by atoms with E-state index in [-0.39, 0.29) is 0 Å². The quantitative estimate of drug-likeness (QED) is 0.432. The van der Waals surface area contributed by atoms with Gasteiger partial charge in [0.2, 0.25) is 0 Å². The average Bonchev–Trinajstić information content (AvgIpc) is 3.47. The monoisotopic (exact) mass is 389 g/mol. The predicted molar refractivity (Wildman–Crippen MR) is 111 cm³/mol. The van der Waals surface area contributed by atoms with Crippen LogP contribution in [0.1, 0.15) is 24.2 Å². The van der Waals surface area contributed by atoms with Gasteiger partial charge in [0.1, 0.15) is 23.2 Å². The molecule has 0 unspecified atom stereocenters. The third-order valence-corrected chi connectivity index (χ3v) is 5.53. The fourth-order valence-corrected chi connectivity index (χ4v) is 3.62. The molecule has 0 atom stereocenters. The molecule has 1 aliphatic carbocycles. The first kappa shape index (κ1) is 17.3. The number of aromatic nitrogens is 3. The molecular weight excluding hydrogens is 370 g/mol. The predicted octanol–water partition coefficient (Wildman–Crippen LogP) is 5.58. The highest BCUT2D eigenvalue weighted by Crippen LogP contribution is 2.34. The number of ether oxygens (including phenoxy) is 1. The van der Waals surface area contributed by atoms with Crippen molar-refractivity contribution in [2.24, 2.45) is 5.92 Å². The maximum atomic E-state index is 6.53. The minimum atomic E-state index is 0.452. The van der Waals surface area contributed by atoms with E-state index in [0.717, 1.165) is 23.7 Å². The highest BCUT2D eigenvalue weighted by Gasteiger charge is 2.24. The largest absolute Gasteiger partial charge is 0.487 e. The lowest BCUT2D eigenvalue weighted by Gasteiger charge is -2.10. The maximum absolute atomic E-state index is 6.53. The number of nitrogens with zero attached hydrogens (tertiary/aromatic N) is 3. The van der Waals surface area contributed by atoms with Gasteiger partial charge in [-0.3, -0.25) is 4.40 Å². The van der Waals surface area contributed by atoms with Gasteiger partial charge in [-0.1, -0.05) is 66.2 Å². The molecule has 2 heterocycles. The Morgan fingerprint density at radius 2 is 1.68 bits per heavy atom. The van der Waals surface area contributed by atoms with Crippen molar-refractivity contribution in [3.63, 3.8) is 0 Å². The highest BCUT2D eigenvalue weighted by molar-refractivity contribution is 6.34. The molecule has 0 amide bonds. The Morgan fingerprint density at radius 3 is 2.43 bits per heavy atom. The SMILES string of the molecule is Clc1c(OCc2ccc(-c3ccccc3)cc2)ccn2c(CC3CC3)nnc12. The Hall–Kier alpha value is -2.85. The van der Waals surface area contributed by atoms with Crippen LogP contribution in [-0.4, -0.2) is 14.6 Å². The Balaban J connectivity index is 1.31. The minimum Gasteiger partial charge on any atom is -0.487 e. The number of hydrogen-bond acceptors (Lipinski definition) is 3. The summed E-state index contributed by atoms with van der Waals surface area (Å²) in [4.78, 5) is 0. The molecular formula is C23H20ClN3O. The normalized spacial score (nSPS) is 13.8. The van der Waals surface area contributed by atoms with Crippen molar-refractivity contribution in [1.82, 2.24) is 14.6 Å². The van der Waals surface area contributed by atoms with E-state index in [9.17, 15) is 0 Å². The van der Waals surface area contributed by atoms with Gasteiger partial charge in [0.25, 0.3) is 0 Å². The molecule has 0 spiro atoms. The molecule has 0 N–H and O–H groups in total. The lowest BCUT2D eigenvalue weighted by Crippen LogP contribution is -1.99. The first-order valence-electron chi connectivity index (χ1n) is 9.57. The Morgan fingerprint density at radius 1 is 0.929 bits per heavy atom. The second kappa shape index (κ2) is 7.28. The third kappa shape index (κ3) is 3.48. The smallest absolute Gasteiger partial charge is 0.183 e. The molecule has 140 valence electrons. The van der Waals surface area contributed by atoms with Crippen LogP contribution in [-0.2, 0) is 13.0 Å². The second-order valence-corrected chi connectivity index (χ2v) is 7.68. The fraction of sp³-hybridized carbons (Fsp3) is 0.217. The Bertz CT molecular complexity index is 1100. The molecule has 0 aliphatic heterocycles. The van der Waals surface area contributed by atoms with E-state index in [4.69, 9.17) is 16.3 Å². The summed E-state index contributed by atoms with van der Waals surface area (Å²) in [5.41, 5.74) is 4.15. The van der Waals surface area contributed by atoms with Crippen LogP contribution in [0.3, 0.4) is 0 Å². The molecule has 4 nitrogen and oxygen atoms in total. The molecule has 2 aromatic heterocycles. The molecule has 0 saturated heterocycles. The van der Waals surface area contributed by atoms with Crippen LogP contribution >= 0.6 is 11.6 Å². The van der Waals surface area contributed by atoms with Gasteiger partial charge in [0, 0.05) is 12.6 Å². The van der Waals surface area contributed by atoms with Gasteiger partial charge < -0.3 is 4.74 Å². The summed E-state index contributed by atoms with van der Waals surface area (Å²) in [6.45, 7) is 0.452. The van der Waals surface area contributed by atoms with Crippen LogP contribution in [0.15, 0.2) is 66.9 Å². The molecule has 1 fully saturated rings. The number of fused-ring (bicyclic) bond motifs is 1. The summed E-state index contributed by atoms with van der Waals surface area (Å²) in [7, 11) is 0. The standard InChI is InChI=1S/C23H20ClN3O/c24-22-20(12-13-27-21(14-16-6-7-16)25-26-23(22)27)28-15-17-8-10-19(11-9-17)18-4-2-1-3-5-18/h1-5,8-13,16H,6-7,14-15H2. The highest BCUT2D eigenvalue weighted by atomic mass is 35.5. The van der Waals surface area contributed by atoms with E-state index in [0.29, 0.717) is 23.0 Å². The Kier molecular flexibility index (Phi) is 4.49. The summed E-state index contributed by atoms with van der Waals surface area (Å²) in [5.74, 6) is 2.36. The van der Waals surface area contributed by atoms with Crippen molar-refractivity contribution in [3.8, 4) is 16.9 Å². The lowest BCUT2D eigenvalue weighted by molar-refractivity contribution is 0.306. The van der Waals surface area contributed by atoms with Crippen LogP contribution in [0, 0.1) is 5.92 Å². The number of hydrogen-bond donors (Lipinski definition) is 0. The van der Waals surface area contributed by atoms with Crippen molar-refractivity contribution in [2.45, 2.75) is 25.9 Å². The van der Waals surface area contributed by atoms with E-state index in [2.05, 4.69) is 46.6 Å². The summed E-state index contributed by atoms with van der Waals surface area (Å²) in [5, 5.41) is 9.08. The molecule has 0 radical (unpaired) electrons. The zero-order chi connectivity index (χ0) is 18.9. The average molecular weight is 390 g/mol. The molecule has 1 aliphatic rings. The van der Waals surface area contributed by atoms with Crippen molar-refractivity contribution in [3.05, 3.63) is 83.3 Å². The van der Waals surface area contributed by atoms with Gasteiger partial charge >= 0.3 is 0 Å². The topological polar surface area (TPSA) is 39.4 Å². The van der Waals surface area contributed by atoms with E-state index < -0.39 is 0 Å². The van der Waals surface area contributed by atoms with Crippen LogP contribution in [0.25, 0.3) is 16.8 Å². The summed E-state index contributed by atoms with van der Waals surface area (Å²) in [6, 6.07) is 20.6. The van der Waals surface area contributed by atoms with Crippen LogP contribution in [0.2, 0.25) is 5.02 Å². The van der Waals surface area contributed by atoms with Gasteiger partial charge in [-0.05, 0) is 41.5 Å². The first-order chi connectivity index (χ1) is 13.8. The van der Waals surface area contributed by atoms with Crippen LogP contribution in [0.4, 0.5) is 0 Å². The van der Waals surface area contributed by atoms with E-state index >= 15 is 0 Å². The molecule has 2 aromatic carbocycles. The van der Waals surface area contributed by atoms with Crippen molar-refractivity contribution >= 4 is 17.2 Å². The lowest BCUT2D eigenvalue weighted by atomic mass is 10.0. The van der Waals surface area contributed by atoms with Gasteiger partial charge in [-0.25, -0.2) is 0 Å². The third-order valence-electron chi connectivity index (χ3n) is 5.18. The van der Waals surface area contributed by atoms with Crippen LogP contribution < -0.4 is 4.74 Å². The summed E-state index contributed by atoms with van der Waals surface area (Å²) < 4.78 is 7.94. The molecule has 28 heavy (non-hydrogen) atoms. The first-order valence-corrected chi connectivity index (χ1v) is 9.95. The zero-order valence-corrected chi connectivity index (χ0v) is 16.1. The van der Waals surface area contributed by atoms with Gasteiger partial charge in [-0.15, -0.1) is 10.2 Å². The second-order valence-electron chi connectivity index (χ2n) is 7.30. The molecule has 4 aromatic rings. The molecule has 5 rings (SSSR count). The molecule has 5 heteroatoms. The number of pyridine rings is 1. The summed E-state index contributed by atoms with van der Waals surface area (Å²) >= 11 is 6.53. The fourth-order valence-electron chi connectivity index (χ4n) is 3.37. The van der Waals surface area contributed by atoms with Gasteiger partial charge in [0.15, 0.2) is 5.65 Å². The van der Waals surface area contributed by atoms with E-state index in [1.807, 2.05) is 34.9 Å². The number of benzene rings is 2.